The maximum atomic E-state index is 12.6. The van der Waals surface area contributed by atoms with E-state index in [1.165, 1.54) is 0 Å². The molecule has 14 heteroatoms. The molecule has 1 aromatic carbocycles. The number of ether oxygens (including phenoxy) is 3. The summed E-state index contributed by atoms with van der Waals surface area (Å²) in [7, 11) is -1.27. The average Bonchev–Trinajstić information content (AvgIpc) is 3.68. The Bertz CT molecular complexity index is 1930. The summed E-state index contributed by atoms with van der Waals surface area (Å²) >= 11 is 7.13. The molecule has 5 heterocycles. The topological polar surface area (TPSA) is 126 Å². The molecule has 2 aliphatic heterocycles. The van der Waals surface area contributed by atoms with Crippen molar-refractivity contribution in [1.29, 1.82) is 0 Å². The van der Waals surface area contributed by atoms with Gasteiger partial charge in [0, 0.05) is 61.7 Å². The maximum Gasteiger partial charge on any atom is 0.407 e. The fourth-order valence-electron chi connectivity index (χ4n) is 7.17. The predicted octanol–water partition coefficient (Wildman–Crippen LogP) is 8.17. The number of fused-ring (bicyclic) bond motifs is 4. The zero-order chi connectivity index (χ0) is 37.6. The first kappa shape index (κ1) is 38.1. The molecule has 2 aliphatic rings. The van der Waals surface area contributed by atoms with Crippen molar-refractivity contribution in [3.8, 4) is 11.1 Å². The first-order valence-corrected chi connectivity index (χ1v) is 22.5. The van der Waals surface area contributed by atoms with E-state index >= 15 is 0 Å². The third kappa shape index (κ3) is 9.09. The van der Waals surface area contributed by atoms with Crippen LogP contribution >= 0.6 is 11.6 Å². The molecular formula is C38H54ClN7O5Si. The largest absolute Gasteiger partial charge is 0.460 e. The van der Waals surface area contributed by atoms with E-state index in [0.29, 0.717) is 24.9 Å². The van der Waals surface area contributed by atoms with Crippen LogP contribution in [0.25, 0.3) is 33.2 Å². The molecule has 282 valence electrons. The molecule has 3 aromatic heterocycles. The second-order valence-corrected chi connectivity index (χ2v) is 23.5. The van der Waals surface area contributed by atoms with Gasteiger partial charge in [-0.25, -0.2) is 14.8 Å². The van der Waals surface area contributed by atoms with Crippen LogP contribution in [0, 0.1) is 0 Å². The summed E-state index contributed by atoms with van der Waals surface area (Å²) < 4.78 is 21.0. The summed E-state index contributed by atoms with van der Waals surface area (Å²) in [6.07, 6.45) is 9.34. The van der Waals surface area contributed by atoms with Gasteiger partial charge >= 0.3 is 12.1 Å². The van der Waals surface area contributed by atoms with Gasteiger partial charge in [-0.1, -0.05) is 37.3 Å². The van der Waals surface area contributed by atoms with Gasteiger partial charge in [0.1, 0.15) is 29.3 Å². The zero-order valence-corrected chi connectivity index (χ0v) is 33.8. The number of amides is 1. The SMILES string of the molecule is CC(C)(C)OC(=O)CCn1cc2c(Cl)c(-c3cn(COCC[Si](C)(C)C)c4nc(N5C6CCC5CC(NC(=O)OC(C)(C)C)C6)cnc34)ccc2n1. The average molecular weight is 752 g/mol. The molecule has 12 nitrogen and oxygen atoms in total. The van der Waals surface area contributed by atoms with Crippen LogP contribution < -0.4 is 10.2 Å². The smallest absolute Gasteiger partial charge is 0.407 e. The van der Waals surface area contributed by atoms with Crippen molar-refractivity contribution >= 4 is 59.6 Å². The zero-order valence-electron chi connectivity index (χ0n) is 32.1. The highest BCUT2D eigenvalue weighted by Crippen LogP contribution is 2.41. The van der Waals surface area contributed by atoms with E-state index < -0.39 is 19.3 Å². The Hall–Kier alpha value is -3.68. The van der Waals surface area contributed by atoms with Crippen molar-refractivity contribution in [2.24, 2.45) is 0 Å². The van der Waals surface area contributed by atoms with Crippen molar-refractivity contribution in [2.75, 3.05) is 11.5 Å². The Kier molecular flexibility index (Phi) is 10.7. The molecular weight excluding hydrogens is 698 g/mol. The summed E-state index contributed by atoms with van der Waals surface area (Å²) in [5.41, 5.74) is 2.82. The minimum atomic E-state index is -1.27. The Morgan fingerprint density at radius 3 is 2.33 bits per heavy atom. The molecule has 2 saturated heterocycles. The number of hydrogen-bond donors (Lipinski definition) is 1. The molecule has 0 aliphatic carbocycles. The van der Waals surface area contributed by atoms with Gasteiger partial charge in [-0.3, -0.25) is 9.48 Å². The number of anilines is 1. The Morgan fingerprint density at radius 1 is 0.981 bits per heavy atom. The second-order valence-electron chi connectivity index (χ2n) is 17.5. The van der Waals surface area contributed by atoms with Gasteiger partial charge < -0.3 is 29.0 Å². The van der Waals surface area contributed by atoms with Crippen LogP contribution in [0.4, 0.5) is 10.6 Å². The van der Waals surface area contributed by atoms with Crippen LogP contribution in [0.3, 0.4) is 0 Å². The lowest BCUT2D eigenvalue weighted by Crippen LogP contribution is -2.51. The molecule has 1 amide bonds. The number of nitrogens with one attached hydrogen (secondary N) is 1. The van der Waals surface area contributed by atoms with Gasteiger partial charge in [0.15, 0.2) is 5.65 Å². The van der Waals surface area contributed by atoms with E-state index in [1.807, 2.05) is 76.8 Å². The molecule has 4 aromatic rings. The Morgan fingerprint density at radius 2 is 1.67 bits per heavy atom. The van der Waals surface area contributed by atoms with Crippen LogP contribution in [-0.2, 0) is 32.3 Å². The number of hydrogen-bond acceptors (Lipinski definition) is 9. The van der Waals surface area contributed by atoms with Gasteiger partial charge in [-0.15, -0.1) is 0 Å². The molecule has 2 atom stereocenters. The number of alkyl carbamates (subject to hydrolysis) is 1. The lowest BCUT2D eigenvalue weighted by Gasteiger charge is -2.39. The third-order valence-corrected chi connectivity index (χ3v) is 11.5. The summed E-state index contributed by atoms with van der Waals surface area (Å²) in [6, 6.07) is 5.51. The summed E-state index contributed by atoms with van der Waals surface area (Å²) in [4.78, 5) is 37.6. The van der Waals surface area contributed by atoms with Crippen molar-refractivity contribution in [3.05, 3.63) is 35.7 Å². The van der Waals surface area contributed by atoms with Gasteiger partial charge in [-0.05, 0) is 79.3 Å². The van der Waals surface area contributed by atoms with Crippen molar-refractivity contribution in [1.82, 2.24) is 29.6 Å². The molecule has 2 fully saturated rings. The predicted molar refractivity (Wildman–Crippen MR) is 208 cm³/mol. The van der Waals surface area contributed by atoms with E-state index in [1.54, 1.807) is 4.68 Å². The number of esters is 1. The standard InChI is InChI=1S/C38H54ClN7O5Si/c1-37(2,3)50-32(47)14-15-45-22-29-30(43-45)13-12-27(33(29)39)28-21-44(23-49-16-17-52(7,8)9)35-34(28)40-20-31(42-35)46-25-10-11-26(46)19-24(18-25)41-36(48)51-38(4,5)6/h12-13,20-22,24-26H,10-11,14-19,23H2,1-9H3,(H,41,48). The Balaban J connectivity index is 1.28. The fraction of sp³-hybridized carbons (Fsp3) is 0.605. The van der Waals surface area contributed by atoms with Gasteiger partial charge in [0.2, 0.25) is 0 Å². The number of carbonyl (C=O) groups excluding carboxylic acids is 2. The highest BCUT2D eigenvalue weighted by molar-refractivity contribution is 6.76. The lowest BCUT2D eigenvalue weighted by molar-refractivity contribution is -0.155. The van der Waals surface area contributed by atoms with Gasteiger partial charge in [0.05, 0.1) is 29.7 Å². The number of benzene rings is 1. The van der Waals surface area contributed by atoms with Crippen molar-refractivity contribution in [2.45, 2.75) is 142 Å². The van der Waals surface area contributed by atoms with E-state index in [0.717, 1.165) is 70.7 Å². The van der Waals surface area contributed by atoms with Gasteiger partial charge in [0.25, 0.3) is 0 Å². The Labute approximate surface area is 312 Å². The van der Waals surface area contributed by atoms with E-state index in [4.69, 9.17) is 35.8 Å². The molecule has 0 spiro atoms. The molecule has 0 radical (unpaired) electrons. The van der Waals surface area contributed by atoms with Crippen molar-refractivity contribution < 1.29 is 23.8 Å². The number of aromatic nitrogens is 5. The summed E-state index contributed by atoms with van der Waals surface area (Å²) in [5.74, 6) is 0.558. The summed E-state index contributed by atoms with van der Waals surface area (Å²) in [6.45, 7) is 19.6. The number of carbonyl (C=O) groups is 2. The van der Waals surface area contributed by atoms with Gasteiger partial charge in [-0.2, -0.15) is 5.10 Å². The maximum absolute atomic E-state index is 12.6. The van der Waals surface area contributed by atoms with E-state index in [2.05, 4.69) is 35.0 Å². The monoisotopic (exact) mass is 751 g/mol. The molecule has 2 unspecified atom stereocenters. The number of piperidine rings is 1. The fourth-order valence-corrected chi connectivity index (χ4v) is 8.24. The van der Waals surface area contributed by atoms with E-state index in [9.17, 15) is 9.59 Å². The van der Waals surface area contributed by atoms with Crippen LogP contribution in [0.2, 0.25) is 30.7 Å². The quantitative estimate of drug-likeness (QED) is 0.0918. The summed E-state index contributed by atoms with van der Waals surface area (Å²) in [5, 5.41) is 9.13. The van der Waals surface area contributed by atoms with Crippen LogP contribution in [0.1, 0.15) is 73.6 Å². The van der Waals surface area contributed by atoms with Crippen LogP contribution in [0.15, 0.2) is 30.7 Å². The minimum Gasteiger partial charge on any atom is -0.460 e. The highest BCUT2D eigenvalue weighted by Gasteiger charge is 2.42. The molecule has 1 N–H and O–H groups in total. The number of halogens is 1. The molecule has 6 rings (SSSR count). The second kappa shape index (κ2) is 14.6. The molecule has 0 saturated carbocycles. The highest BCUT2D eigenvalue weighted by atomic mass is 35.5. The number of nitrogens with zero attached hydrogens (tertiary/aromatic N) is 6. The normalized spacial score (nSPS) is 19.4. The van der Waals surface area contributed by atoms with E-state index in [-0.39, 0.29) is 36.6 Å². The molecule has 2 bridgehead atoms. The third-order valence-electron chi connectivity index (χ3n) is 9.43. The number of aryl methyl sites for hydroxylation is 1. The van der Waals surface area contributed by atoms with Crippen LogP contribution in [-0.4, -0.2) is 80.4 Å². The lowest BCUT2D eigenvalue weighted by atomic mass is 9.97. The first-order valence-electron chi connectivity index (χ1n) is 18.4. The number of rotatable bonds is 11. The first-order chi connectivity index (χ1) is 24.3. The molecule has 52 heavy (non-hydrogen) atoms. The van der Waals surface area contributed by atoms with Crippen molar-refractivity contribution in [3.63, 3.8) is 0 Å². The van der Waals surface area contributed by atoms with Crippen LogP contribution in [0.5, 0.6) is 0 Å². The minimum absolute atomic E-state index is 0.0502.